The quantitative estimate of drug-likeness (QED) is 0.223. The summed E-state index contributed by atoms with van der Waals surface area (Å²) >= 11 is 0. The van der Waals surface area contributed by atoms with E-state index in [1.165, 1.54) is 6.21 Å². The molecule has 0 radical (unpaired) electrons. The molecule has 48 valence electrons. The zero-order valence-corrected chi connectivity index (χ0v) is 5.02. The standard InChI is InChI=1S/C5H11NO2/c1-2-8-5-3-4-6-7/h4,6H,2-3,5H2,1H3. The highest BCUT2D eigenvalue weighted by Crippen LogP contribution is 1.73. The lowest BCUT2D eigenvalue weighted by molar-refractivity contribution is -0.368. The summed E-state index contributed by atoms with van der Waals surface area (Å²) in [5, 5.41) is 11.2. The first-order valence-corrected chi connectivity index (χ1v) is 2.69. The normalized spacial score (nSPS) is 10.6. The predicted octanol–water partition coefficient (Wildman–Crippen LogP) is -0.938. The molecule has 3 heteroatoms. The maximum atomic E-state index is 9.53. The number of hydrogen-bond donors (Lipinski definition) is 1. The highest BCUT2D eigenvalue weighted by molar-refractivity contribution is 5.49. The Balaban J connectivity index is 2.72. The molecule has 0 rings (SSSR count). The second-order valence-electron chi connectivity index (χ2n) is 1.31. The maximum absolute atomic E-state index is 9.53. The number of nitrogens with one attached hydrogen (secondary N) is 1. The van der Waals surface area contributed by atoms with Crippen molar-refractivity contribution in [2.45, 2.75) is 13.3 Å². The zero-order valence-electron chi connectivity index (χ0n) is 5.02. The van der Waals surface area contributed by atoms with Crippen LogP contribution in [0.2, 0.25) is 0 Å². The van der Waals surface area contributed by atoms with Crippen LogP contribution >= 0.6 is 0 Å². The van der Waals surface area contributed by atoms with Crippen molar-refractivity contribution in [2.24, 2.45) is 0 Å². The van der Waals surface area contributed by atoms with Crippen LogP contribution in [0, 0.1) is 5.21 Å². The summed E-state index contributed by atoms with van der Waals surface area (Å²) in [6, 6.07) is 0. The highest BCUT2D eigenvalue weighted by atomic mass is 16.5. The molecule has 0 aromatic carbocycles. The molecule has 0 saturated heterocycles. The van der Waals surface area contributed by atoms with Crippen molar-refractivity contribution in [3.63, 3.8) is 0 Å². The minimum absolute atomic E-state index is 0.631. The third-order valence-corrected chi connectivity index (χ3v) is 0.694. The highest BCUT2D eigenvalue weighted by Gasteiger charge is 1.80. The summed E-state index contributed by atoms with van der Waals surface area (Å²) in [6.07, 6.45) is 2.10. The fourth-order valence-corrected chi connectivity index (χ4v) is 0.346. The summed E-state index contributed by atoms with van der Waals surface area (Å²) in [7, 11) is 0. The van der Waals surface area contributed by atoms with Gasteiger partial charge in [-0.2, -0.15) is 0 Å². The van der Waals surface area contributed by atoms with Gasteiger partial charge < -0.3 is 9.94 Å². The fraction of sp³-hybridized carbons (Fsp3) is 0.800. The number of ether oxygens (including phenoxy) is 1. The number of rotatable bonds is 4. The van der Waals surface area contributed by atoms with Crippen molar-refractivity contribution in [1.82, 2.24) is 0 Å². The van der Waals surface area contributed by atoms with Crippen molar-refractivity contribution >= 4 is 6.21 Å². The molecule has 0 bridgehead atoms. The maximum Gasteiger partial charge on any atom is 0.151 e. The van der Waals surface area contributed by atoms with Crippen LogP contribution in [0.3, 0.4) is 0 Å². The molecule has 1 N–H and O–H groups in total. The van der Waals surface area contributed by atoms with E-state index in [4.69, 9.17) is 4.74 Å². The van der Waals surface area contributed by atoms with E-state index in [-0.39, 0.29) is 0 Å². The molecule has 0 spiro atoms. The van der Waals surface area contributed by atoms with Gasteiger partial charge in [-0.3, -0.25) is 0 Å². The Morgan fingerprint density at radius 3 is 3.00 bits per heavy atom. The predicted molar refractivity (Wildman–Crippen MR) is 31.5 cm³/mol. The minimum atomic E-state index is 0.631. The first-order valence-electron chi connectivity index (χ1n) is 2.69. The van der Waals surface area contributed by atoms with Crippen LogP contribution in [-0.4, -0.2) is 19.4 Å². The minimum Gasteiger partial charge on any atom is -0.626 e. The molecule has 0 saturated carbocycles. The monoisotopic (exact) mass is 117 g/mol. The molecule has 0 aromatic heterocycles. The average molecular weight is 117 g/mol. The molecule has 0 amide bonds. The van der Waals surface area contributed by atoms with Crippen LogP contribution in [0.1, 0.15) is 13.3 Å². The Morgan fingerprint density at radius 2 is 2.50 bits per heavy atom. The first-order chi connectivity index (χ1) is 3.91. The molecule has 0 atom stereocenters. The SMILES string of the molecule is CCOCCC=[NH+][O-]. The van der Waals surface area contributed by atoms with E-state index >= 15 is 0 Å². The zero-order chi connectivity index (χ0) is 6.24. The van der Waals surface area contributed by atoms with Gasteiger partial charge in [0.2, 0.25) is 0 Å². The molecule has 3 nitrogen and oxygen atoms in total. The van der Waals surface area contributed by atoms with Crippen LogP contribution < -0.4 is 5.16 Å². The van der Waals surface area contributed by atoms with Crippen molar-refractivity contribution < 1.29 is 9.89 Å². The molecule has 0 heterocycles. The molecule has 0 aliphatic heterocycles. The largest absolute Gasteiger partial charge is 0.626 e. The molecule has 0 aliphatic carbocycles. The van der Waals surface area contributed by atoms with Gasteiger partial charge in [-0.1, -0.05) is 0 Å². The van der Waals surface area contributed by atoms with Gasteiger partial charge in [0, 0.05) is 13.0 Å². The van der Waals surface area contributed by atoms with E-state index in [2.05, 4.69) is 0 Å². The van der Waals surface area contributed by atoms with Gasteiger partial charge in [0.1, 0.15) is 0 Å². The number of hydrogen-bond acceptors (Lipinski definition) is 2. The van der Waals surface area contributed by atoms with Gasteiger partial charge >= 0.3 is 0 Å². The summed E-state index contributed by atoms with van der Waals surface area (Å²) in [4.78, 5) is 0. The van der Waals surface area contributed by atoms with Crippen LogP contribution in [0.15, 0.2) is 0 Å². The molecule has 0 aliphatic rings. The van der Waals surface area contributed by atoms with Crippen molar-refractivity contribution in [2.75, 3.05) is 13.2 Å². The summed E-state index contributed by atoms with van der Waals surface area (Å²) in [5.41, 5.74) is 0. The molecular weight excluding hydrogens is 106 g/mol. The van der Waals surface area contributed by atoms with Crippen LogP contribution in [-0.2, 0) is 4.74 Å². The van der Waals surface area contributed by atoms with Gasteiger partial charge in [0.25, 0.3) is 0 Å². The molecule has 0 unspecified atom stereocenters. The van der Waals surface area contributed by atoms with Gasteiger partial charge in [-0.05, 0) is 6.92 Å². The average Bonchev–Trinajstić information content (AvgIpc) is 1.81. The molecule has 0 aromatic rings. The van der Waals surface area contributed by atoms with Crippen molar-refractivity contribution in [1.29, 1.82) is 0 Å². The Morgan fingerprint density at radius 1 is 1.75 bits per heavy atom. The Bertz CT molecular complexity index is 63.4. The Kier molecular flexibility index (Phi) is 5.97. The fourth-order valence-electron chi connectivity index (χ4n) is 0.346. The van der Waals surface area contributed by atoms with Gasteiger partial charge in [0.15, 0.2) is 6.21 Å². The lowest BCUT2D eigenvalue weighted by Gasteiger charge is -1.91. The molecular formula is C5H11NO2. The molecule has 8 heavy (non-hydrogen) atoms. The van der Waals surface area contributed by atoms with Crippen LogP contribution in [0.4, 0.5) is 0 Å². The lowest BCUT2D eigenvalue weighted by atomic mass is 10.5. The lowest BCUT2D eigenvalue weighted by Crippen LogP contribution is -2.60. The first kappa shape index (κ1) is 7.43. The molecule has 0 fully saturated rings. The van der Waals surface area contributed by atoms with Gasteiger partial charge in [0.05, 0.1) is 6.61 Å². The summed E-state index contributed by atoms with van der Waals surface area (Å²) in [5.74, 6) is 0. The van der Waals surface area contributed by atoms with E-state index in [1.807, 2.05) is 6.92 Å². The van der Waals surface area contributed by atoms with Gasteiger partial charge in [-0.25, -0.2) is 5.16 Å². The third kappa shape index (κ3) is 5.43. The van der Waals surface area contributed by atoms with E-state index in [0.717, 1.165) is 0 Å². The topological polar surface area (TPSA) is 46.3 Å². The summed E-state index contributed by atoms with van der Waals surface area (Å²) in [6.45, 7) is 3.27. The second kappa shape index (κ2) is 6.43. The van der Waals surface area contributed by atoms with Crippen LogP contribution in [0.25, 0.3) is 0 Å². The summed E-state index contributed by atoms with van der Waals surface area (Å²) < 4.78 is 4.93. The van der Waals surface area contributed by atoms with Crippen molar-refractivity contribution in [3.05, 3.63) is 5.21 Å². The second-order valence-corrected chi connectivity index (χ2v) is 1.31. The van der Waals surface area contributed by atoms with E-state index in [9.17, 15) is 5.21 Å². The van der Waals surface area contributed by atoms with Crippen molar-refractivity contribution in [3.8, 4) is 0 Å². The smallest absolute Gasteiger partial charge is 0.151 e. The van der Waals surface area contributed by atoms with Crippen LogP contribution in [0.5, 0.6) is 0 Å². The van der Waals surface area contributed by atoms with Gasteiger partial charge in [-0.15, -0.1) is 0 Å². The Hall–Kier alpha value is -0.570. The van der Waals surface area contributed by atoms with E-state index in [1.54, 1.807) is 5.16 Å². The third-order valence-electron chi connectivity index (χ3n) is 0.694. The Labute approximate surface area is 49.0 Å². The van der Waals surface area contributed by atoms with E-state index < -0.39 is 0 Å². The van der Waals surface area contributed by atoms with E-state index in [0.29, 0.717) is 19.6 Å².